The highest BCUT2D eigenvalue weighted by atomic mass is 32.1. The van der Waals surface area contributed by atoms with E-state index in [0.717, 1.165) is 69.0 Å². The van der Waals surface area contributed by atoms with Gasteiger partial charge < -0.3 is 4.90 Å². The van der Waals surface area contributed by atoms with Crippen LogP contribution in [0.15, 0.2) is 35.4 Å². The molecule has 4 heterocycles. The molecule has 168 valence electrons. The van der Waals surface area contributed by atoms with Crippen LogP contribution in [0.1, 0.15) is 34.0 Å². The number of nitrogens with zero attached hydrogens (tertiary/aromatic N) is 5. The van der Waals surface area contributed by atoms with Crippen LogP contribution in [-0.2, 0) is 25.9 Å². The van der Waals surface area contributed by atoms with Gasteiger partial charge in [-0.2, -0.15) is 0 Å². The van der Waals surface area contributed by atoms with Gasteiger partial charge in [0.25, 0.3) is 5.56 Å². The zero-order valence-corrected chi connectivity index (χ0v) is 19.6. The SMILES string of the molecule is CN1CCc2c(sc3ncn(CCN4CCN(C5CCc6ccccc65)CC4)c(=O)c23)C1. The van der Waals surface area contributed by atoms with Crippen molar-refractivity contribution in [1.29, 1.82) is 0 Å². The lowest BCUT2D eigenvalue weighted by molar-refractivity contribution is 0.0936. The van der Waals surface area contributed by atoms with Gasteiger partial charge in [-0.25, -0.2) is 4.98 Å². The molecule has 6 rings (SSSR count). The minimum absolute atomic E-state index is 0.151. The Bertz CT molecular complexity index is 1190. The van der Waals surface area contributed by atoms with Gasteiger partial charge in [0.2, 0.25) is 0 Å². The van der Waals surface area contributed by atoms with Gasteiger partial charge in [-0.1, -0.05) is 24.3 Å². The van der Waals surface area contributed by atoms with Crippen molar-refractivity contribution in [2.24, 2.45) is 0 Å². The minimum Gasteiger partial charge on any atom is -0.301 e. The Kier molecular flexibility index (Phi) is 5.38. The molecule has 0 radical (unpaired) electrons. The summed E-state index contributed by atoms with van der Waals surface area (Å²) in [7, 11) is 2.14. The van der Waals surface area contributed by atoms with E-state index in [1.54, 1.807) is 17.7 Å². The van der Waals surface area contributed by atoms with Gasteiger partial charge in [0.15, 0.2) is 0 Å². The van der Waals surface area contributed by atoms with Crippen LogP contribution in [0.2, 0.25) is 0 Å². The number of fused-ring (bicyclic) bond motifs is 4. The number of rotatable bonds is 4. The average molecular weight is 450 g/mol. The van der Waals surface area contributed by atoms with Gasteiger partial charge in [-0.15, -0.1) is 11.3 Å². The molecule has 1 saturated heterocycles. The summed E-state index contributed by atoms with van der Waals surface area (Å²) < 4.78 is 1.84. The Balaban J connectivity index is 1.10. The second-order valence-corrected chi connectivity index (χ2v) is 10.6. The van der Waals surface area contributed by atoms with E-state index in [1.165, 1.54) is 34.4 Å². The average Bonchev–Trinajstić information content (AvgIpc) is 3.40. The maximum absolute atomic E-state index is 13.2. The third-order valence-corrected chi connectivity index (χ3v) is 8.75. The number of aromatic nitrogens is 2. The highest BCUT2D eigenvalue weighted by molar-refractivity contribution is 7.18. The van der Waals surface area contributed by atoms with E-state index in [0.29, 0.717) is 6.04 Å². The van der Waals surface area contributed by atoms with E-state index >= 15 is 0 Å². The molecule has 1 fully saturated rings. The fourth-order valence-electron chi connectivity index (χ4n) is 5.77. The first kappa shape index (κ1) is 20.5. The first-order chi connectivity index (χ1) is 15.7. The topological polar surface area (TPSA) is 44.6 Å². The Morgan fingerprint density at radius 1 is 1.06 bits per heavy atom. The third kappa shape index (κ3) is 3.61. The third-order valence-electron chi connectivity index (χ3n) is 7.62. The van der Waals surface area contributed by atoms with Crippen molar-refractivity contribution in [3.8, 4) is 0 Å². The van der Waals surface area contributed by atoms with Crippen molar-refractivity contribution in [3.63, 3.8) is 0 Å². The minimum atomic E-state index is 0.151. The highest BCUT2D eigenvalue weighted by Crippen LogP contribution is 2.36. The first-order valence-electron chi connectivity index (χ1n) is 11.9. The number of hydrogen-bond donors (Lipinski definition) is 0. The van der Waals surface area contributed by atoms with Crippen molar-refractivity contribution in [2.45, 2.75) is 38.4 Å². The van der Waals surface area contributed by atoms with Crippen LogP contribution in [0.4, 0.5) is 0 Å². The van der Waals surface area contributed by atoms with Gasteiger partial charge in [-0.05, 0) is 43.0 Å². The first-order valence-corrected chi connectivity index (χ1v) is 12.7. The normalized spacial score (nSPS) is 22.3. The molecule has 2 aromatic heterocycles. The van der Waals surface area contributed by atoms with Crippen LogP contribution in [0, 0.1) is 0 Å². The maximum atomic E-state index is 13.2. The number of hydrogen-bond acceptors (Lipinski definition) is 6. The molecule has 0 N–H and O–H groups in total. The van der Waals surface area contributed by atoms with E-state index in [9.17, 15) is 4.79 Å². The molecular weight excluding hydrogens is 418 g/mol. The molecule has 3 aromatic rings. The maximum Gasteiger partial charge on any atom is 0.262 e. The molecule has 3 aliphatic rings. The second-order valence-electron chi connectivity index (χ2n) is 9.55. The van der Waals surface area contributed by atoms with E-state index in [-0.39, 0.29) is 5.56 Å². The zero-order valence-electron chi connectivity index (χ0n) is 18.8. The summed E-state index contributed by atoms with van der Waals surface area (Å²) in [6.07, 6.45) is 5.18. The largest absolute Gasteiger partial charge is 0.301 e. The lowest BCUT2D eigenvalue weighted by Gasteiger charge is -2.38. The molecule has 0 spiro atoms. The predicted octanol–water partition coefficient (Wildman–Crippen LogP) is 2.75. The smallest absolute Gasteiger partial charge is 0.262 e. The van der Waals surface area contributed by atoms with Crippen LogP contribution in [0.25, 0.3) is 10.2 Å². The Morgan fingerprint density at radius 2 is 1.91 bits per heavy atom. The molecule has 0 saturated carbocycles. The molecule has 1 atom stereocenters. The fourth-order valence-corrected chi connectivity index (χ4v) is 7.03. The molecule has 0 bridgehead atoms. The molecule has 1 aliphatic carbocycles. The Labute approximate surface area is 193 Å². The van der Waals surface area contributed by atoms with Crippen molar-refractivity contribution in [1.82, 2.24) is 24.3 Å². The Hall–Kier alpha value is -2.06. The molecule has 0 amide bonds. The fraction of sp³-hybridized carbons (Fsp3) is 0.520. The number of aryl methyl sites for hydroxylation is 1. The Morgan fingerprint density at radius 3 is 2.78 bits per heavy atom. The van der Waals surface area contributed by atoms with Gasteiger partial charge in [0, 0.05) is 63.3 Å². The lowest BCUT2D eigenvalue weighted by Crippen LogP contribution is -2.48. The summed E-state index contributed by atoms with van der Waals surface area (Å²) in [5.41, 5.74) is 4.47. The molecule has 32 heavy (non-hydrogen) atoms. The summed E-state index contributed by atoms with van der Waals surface area (Å²) in [4.78, 5) is 27.6. The highest BCUT2D eigenvalue weighted by Gasteiger charge is 2.30. The van der Waals surface area contributed by atoms with Gasteiger partial charge in [-0.3, -0.25) is 19.2 Å². The van der Waals surface area contributed by atoms with Crippen molar-refractivity contribution in [2.75, 3.05) is 46.3 Å². The lowest BCUT2D eigenvalue weighted by atomic mass is 10.1. The van der Waals surface area contributed by atoms with Gasteiger partial charge >= 0.3 is 0 Å². The summed E-state index contributed by atoms with van der Waals surface area (Å²) in [5, 5.41) is 0.880. The van der Waals surface area contributed by atoms with Crippen molar-refractivity contribution < 1.29 is 0 Å². The summed E-state index contributed by atoms with van der Waals surface area (Å²) in [5.74, 6) is 0. The quantitative estimate of drug-likeness (QED) is 0.613. The van der Waals surface area contributed by atoms with Crippen LogP contribution < -0.4 is 5.56 Å². The second kappa shape index (κ2) is 8.37. The van der Waals surface area contributed by atoms with Crippen molar-refractivity contribution in [3.05, 3.63) is 62.5 Å². The van der Waals surface area contributed by atoms with Crippen LogP contribution >= 0.6 is 11.3 Å². The van der Waals surface area contributed by atoms with E-state index in [2.05, 4.69) is 51.0 Å². The molecule has 2 aliphatic heterocycles. The van der Waals surface area contributed by atoms with Crippen LogP contribution in [0.3, 0.4) is 0 Å². The van der Waals surface area contributed by atoms with E-state index in [4.69, 9.17) is 0 Å². The van der Waals surface area contributed by atoms with Gasteiger partial charge in [0.1, 0.15) is 4.83 Å². The van der Waals surface area contributed by atoms with Gasteiger partial charge in [0.05, 0.1) is 11.7 Å². The number of piperazine rings is 1. The summed E-state index contributed by atoms with van der Waals surface area (Å²) in [6.45, 7) is 7.95. The monoisotopic (exact) mass is 449 g/mol. The number of benzene rings is 1. The summed E-state index contributed by atoms with van der Waals surface area (Å²) >= 11 is 1.70. The molecule has 6 nitrogen and oxygen atoms in total. The van der Waals surface area contributed by atoms with E-state index < -0.39 is 0 Å². The molecule has 1 unspecified atom stereocenters. The standard InChI is InChI=1S/C25H31N5OS/c1-27-9-8-20-22(16-27)32-24-23(20)25(31)30(17-26-24)15-12-28-10-13-29(14-11-28)21-7-6-18-4-2-3-5-19(18)21/h2-5,17,21H,6-16H2,1H3. The molecule has 1 aromatic carbocycles. The van der Waals surface area contributed by atoms with Crippen molar-refractivity contribution >= 4 is 21.6 Å². The molecular formula is C25H31N5OS. The predicted molar refractivity (Wildman–Crippen MR) is 129 cm³/mol. The number of likely N-dealkylation sites (N-methyl/N-ethyl adjacent to an activating group) is 1. The molecule has 7 heteroatoms. The van der Waals surface area contributed by atoms with Crippen LogP contribution in [0.5, 0.6) is 0 Å². The number of thiophene rings is 1. The summed E-state index contributed by atoms with van der Waals surface area (Å²) in [6, 6.07) is 9.54. The van der Waals surface area contributed by atoms with Crippen LogP contribution in [-0.4, -0.2) is 70.6 Å². The zero-order chi connectivity index (χ0) is 21.7. The van der Waals surface area contributed by atoms with E-state index in [1.807, 2.05) is 4.57 Å².